The van der Waals surface area contributed by atoms with Crippen LogP contribution in [0.25, 0.3) is 22.0 Å². The first-order chi connectivity index (χ1) is 15.6. The molecule has 8 nitrogen and oxygen atoms in total. The van der Waals surface area contributed by atoms with E-state index in [-0.39, 0.29) is 18.0 Å². The predicted octanol–water partition coefficient (Wildman–Crippen LogP) is 4.16. The monoisotopic (exact) mass is 468 g/mol. The van der Waals surface area contributed by atoms with Crippen molar-refractivity contribution in [3.63, 3.8) is 0 Å². The molecule has 0 spiro atoms. The number of hydrogen-bond acceptors (Lipinski definition) is 6. The van der Waals surface area contributed by atoms with E-state index < -0.39 is 5.60 Å². The second kappa shape index (κ2) is 9.11. The SMILES string of the molecule is CC(Nc1c(Cl)cnc2ccc(-c3cnc(C(C)(C)O)nc3)cc12)[C@H]1CCCN(C(N)=O)C1. The number of halogens is 1. The number of nitrogens with zero attached hydrogens (tertiary/aromatic N) is 4. The molecular formula is C24H29ClN6O2. The van der Waals surface area contributed by atoms with Crippen LogP contribution >= 0.6 is 11.6 Å². The van der Waals surface area contributed by atoms with Gasteiger partial charge in [0.2, 0.25) is 0 Å². The molecule has 3 aromatic rings. The van der Waals surface area contributed by atoms with E-state index in [9.17, 15) is 9.90 Å². The summed E-state index contributed by atoms with van der Waals surface area (Å²) in [5.74, 6) is 0.627. The molecule has 9 heteroatoms. The van der Waals surface area contributed by atoms with Gasteiger partial charge in [-0.2, -0.15) is 0 Å². The van der Waals surface area contributed by atoms with Crippen LogP contribution in [0.3, 0.4) is 0 Å². The Balaban J connectivity index is 1.64. The van der Waals surface area contributed by atoms with Crippen LogP contribution in [-0.4, -0.2) is 50.1 Å². The van der Waals surface area contributed by atoms with Crippen molar-refractivity contribution in [2.75, 3.05) is 18.4 Å². The molecule has 1 saturated heterocycles. The fraction of sp³-hybridized carbons (Fsp3) is 0.417. The molecule has 2 aromatic heterocycles. The fourth-order valence-electron chi connectivity index (χ4n) is 4.25. The molecule has 4 N–H and O–H groups in total. The highest BCUT2D eigenvalue weighted by Crippen LogP contribution is 2.34. The summed E-state index contributed by atoms with van der Waals surface area (Å²) < 4.78 is 0. The van der Waals surface area contributed by atoms with Gasteiger partial charge in [-0.1, -0.05) is 17.7 Å². The Labute approximate surface area is 198 Å². The van der Waals surface area contributed by atoms with Crippen molar-refractivity contribution in [3.05, 3.63) is 47.6 Å². The van der Waals surface area contributed by atoms with Crippen molar-refractivity contribution < 1.29 is 9.90 Å². The molecule has 0 aliphatic carbocycles. The maximum Gasteiger partial charge on any atom is 0.314 e. The number of carbonyl (C=O) groups is 1. The molecule has 2 amide bonds. The topological polar surface area (TPSA) is 117 Å². The number of benzene rings is 1. The van der Waals surface area contributed by atoms with Gasteiger partial charge in [0.05, 0.1) is 16.2 Å². The van der Waals surface area contributed by atoms with Gasteiger partial charge in [0.1, 0.15) is 5.60 Å². The van der Waals surface area contributed by atoms with E-state index in [1.807, 2.05) is 18.2 Å². The van der Waals surface area contributed by atoms with Gasteiger partial charge in [-0.3, -0.25) is 4.98 Å². The highest BCUT2D eigenvalue weighted by atomic mass is 35.5. The molecule has 2 atom stereocenters. The van der Waals surface area contributed by atoms with E-state index >= 15 is 0 Å². The van der Waals surface area contributed by atoms with Crippen LogP contribution in [0.5, 0.6) is 0 Å². The number of piperidine rings is 1. The predicted molar refractivity (Wildman–Crippen MR) is 130 cm³/mol. The number of hydrogen-bond donors (Lipinski definition) is 3. The highest BCUT2D eigenvalue weighted by Gasteiger charge is 2.27. The molecule has 0 bridgehead atoms. The van der Waals surface area contributed by atoms with Gasteiger partial charge in [0, 0.05) is 48.7 Å². The Morgan fingerprint density at radius 1 is 1.24 bits per heavy atom. The van der Waals surface area contributed by atoms with E-state index in [0.29, 0.717) is 23.9 Å². The van der Waals surface area contributed by atoms with Crippen molar-refractivity contribution in [2.45, 2.75) is 45.3 Å². The van der Waals surface area contributed by atoms with E-state index in [4.69, 9.17) is 17.3 Å². The van der Waals surface area contributed by atoms with Crippen LogP contribution in [0.4, 0.5) is 10.5 Å². The van der Waals surface area contributed by atoms with Gasteiger partial charge in [0.15, 0.2) is 5.82 Å². The summed E-state index contributed by atoms with van der Waals surface area (Å²) in [4.78, 5) is 26.4. The van der Waals surface area contributed by atoms with Crippen LogP contribution in [-0.2, 0) is 5.60 Å². The quantitative estimate of drug-likeness (QED) is 0.517. The molecular weight excluding hydrogens is 440 g/mol. The lowest BCUT2D eigenvalue weighted by Gasteiger charge is -2.35. The minimum absolute atomic E-state index is 0.0771. The third-order valence-corrected chi connectivity index (χ3v) is 6.49. The Morgan fingerprint density at radius 2 is 1.97 bits per heavy atom. The Kier molecular flexibility index (Phi) is 6.41. The third kappa shape index (κ3) is 5.02. The van der Waals surface area contributed by atoms with Crippen LogP contribution in [0.1, 0.15) is 39.4 Å². The minimum atomic E-state index is -1.10. The van der Waals surface area contributed by atoms with Crippen LogP contribution < -0.4 is 11.1 Å². The molecule has 1 unspecified atom stereocenters. The molecule has 3 heterocycles. The number of aromatic nitrogens is 3. The summed E-state index contributed by atoms with van der Waals surface area (Å²) in [6.07, 6.45) is 6.99. The van der Waals surface area contributed by atoms with Crippen molar-refractivity contribution >= 4 is 34.2 Å². The van der Waals surface area contributed by atoms with Gasteiger partial charge in [-0.15, -0.1) is 0 Å². The zero-order chi connectivity index (χ0) is 23.8. The second-order valence-corrected chi connectivity index (χ2v) is 9.59. The smallest absolute Gasteiger partial charge is 0.314 e. The number of likely N-dealkylation sites (tertiary alicyclic amines) is 1. The third-order valence-electron chi connectivity index (χ3n) is 6.20. The molecule has 174 valence electrons. The molecule has 0 saturated carbocycles. The summed E-state index contributed by atoms with van der Waals surface area (Å²) >= 11 is 6.57. The van der Waals surface area contributed by atoms with E-state index in [1.165, 1.54) is 0 Å². The number of primary amides is 1. The fourth-order valence-corrected chi connectivity index (χ4v) is 4.46. The molecule has 1 aromatic carbocycles. The standard InChI is InChI=1S/C24H29ClN6O2/c1-14(16-5-4-8-31(13-16)23(26)32)30-21-18-9-15(6-7-20(18)27-12-19(21)25)17-10-28-22(29-11-17)24(2,3)33/h6-7,9-12,14,16,33H,4-5,8,13H2,1-3H3,(H2,26,32)(H,27,30)/t14?,16-/m0/s1. The number of pyridine rings is 1. The van der Waals surface area contributed by atoms with Gasteiger partial charge in [-0.05, 0) is 57.2 Å². The lowest BCUT2D eigenvalue weighted by atomic mass is 9.91. The van der Waals surface area contributed by atoms with Crippen LogP contribution in [0.2, 0.25) is 5.02 Å². The van der Waals surface area contributed by atoms with E-state index in [2.05, 4.69) is 27.2 Å². The number of nitrogens with one attached hydrogen (secondary N) is 1. The Hall–Kier alpha value is -2.97. The lowest BCUT2D eigenvalue weighted by Crippen LogP contribution is -2.46. The zero-order valence-corrected chi connectivity index (χ0v) is 19.8. The number of fused-ring (bicyclic) bond motifs is 1. The normalized spacial score (nSPS) is 17.7. The van der Waals surface area contributed by atoms with Crippen LogP contribution in [0.15, 0.2) is 36.8 Å². The summed E-state index contributed by atoms with van der Waals surface area (Å²) in [5.41, 5.74) is 7.76. The van der Waals surface area contributed by atoms with E-state index in [0.717, 1.165) is 40.6 Å². The van der Waals surface area contributed by atoms with Crippen molar-refractivity contribution in [3.8, 4) is 11.1 Å². The number of aliphatic hydroxyl groups is 1. The number of urea groups is 1. The Morgan fingerprint density at radius 3 is 2.64 bits per heavy atom. The lowest BCUT2D eigenvalue weighted by molar-refractivity contribution is 0.0687. The maximum absolute atomic E-state index is 11.6. The number of carbonyl (C=O) groups excluding carboxylic acids is 1. The number of anilines is 1. The molecule has 33 heavy (non-hydrogen) atoms. The first-order valence-electron chi connectivity index (χ1n) is 11.1. The minimum Gasteiger partial charge on any atom is -0.382 e. The average molecular weight is 469 g/mol. The molecule has 4 rings (SSSR count). The van der Waals surface area contributed by atoms with Crippen molar-refractivity contribution in [2.24, 2.45) is 11.7 Å². The first-order valence-corrected chi connectivity index (χ1v) is 11.5. The highest BCUT2D eigenvalue weighted by molar-refractivity contribution is 6.34. The summed E-state index contributed by atoms with van der Waals surface area (Å²) in [7, 11) is 0. The molecule has 1 aliphatic rings. The summed E-state index contributed by atoms with van der Waals surface area (Å²) in [6, 6.07) is 5.62. The van der Waals surface area contributed by atoms with Gasteiger partial charge < -0.3 is 21.1 Å². The largest absolute Gasteiger partial charge is 0.382 e. The van der Waals surface area contributed by atoms with Gasteiger partial charge >= 0.3 is 6.03 Å². The maximum atomic E-state index is 11.6. The molecule has 1 aliphatic heterocycles. The molecule has 0 radical (unpaired) electrons. The van der Waals surface area contributed by atoms with Crippen molar-refractivity contribution in [1.82, 2.24) is 19.9 Å². The Bertz CT molecular complexity index is 1160. The average Bonchev–Trinajstić information content (AvgIpc) is 2.80. The van der Waals surface area contributed by atoms with Gasteiger partial charge in [-0.25, -0.2) is 14.8 Å². The number of nitrogens with two attached hydrogens (primary N) is 1. The van der Waals surface area contributed by atoms with E-state index in [1.54, 1.807) is 37.3 Å². The van der Waals surface area contributed by atoms with Crippen molar-refractivity contribution in [1.29, 1.82) is 0 Å². The first kappa shape index (κ1) is 23.2. The molecule has 1 fully saturated rings. The summed E-state index contributed by atoms with van der Waals surface area (Å²) in [5, 5.41) is 15.1. The second-order valence-electron chi connectivity index (χ2n) is 9.19. The summed E-state index contributed by atoms with van der Waals surface area (Å²) in [6.45, 7) is 6.74. The van der Waals surface area contributed by atoms with Crippen LogP contribution in [0, 0.1) is 5.92 Å². The number of rotatable bonds is 5. The number of amides is 2. The van der Waals surface area contributed by atoms with Gasteiger partial charge in [0.25, 0.3) is 0 Å². The zero-order valence-electron chi connectivity index (χ0n) is 19.0.